The van der Waals surface area contributed by atoms with Crippen LogP contribution in [0.4, 0.5) is 0 Å². The van der Waals surface area contributed by atoms with Gasteiger partial charge < -0.3 is 4.42 Å². The summed E-state index contributed by atoms with van der Waals surface area (Å²) >= 11 is 0. The lowest BCUT2D eigenvalue weighted by Crippen LogP contribution is -1.76. The van der Waals surface area contributed by atoms with Crippen LogP contribution in [0.2, 0.25) is 0 Å². The topological polar surface area (TPSA) is 26.0 Å². The van der Waals surface area contributed by atoms with Crippen molar-refractivity contribution >= 4 is 10.8 Å². The van der Waals surface area contributed by atoms with Gasteiger partial charge in [-0.2, -0.15) is 0 Å². The second-order valence-electron chi connectivity index (χ2n) is 2.98. The fourth-order valence-corrected chi connectivity index (χ4v) is 1.61. The lowest BCUT2D eigenvalue weighted by Gasteiger charge is -1.94. The van der Waals surface area contributed by atoms with Gasteiger partial charge in [0.2, 0.25) is 0 Å². The second-order valence-corrected chi connectivity index (χ2v) is 2.98. The summed E-state index contributed by atoms with van der Waals surface area (Å²) in [5.41, 5.74) is 0.920. The third-order valence-corrected chi connectivity index (χ3v) is 2.19. The molecule has 2 heteroatoms. The summed E-state index contributed by atoms with van der Waals surface area (Å²) in [7, 11) is 0. The van der Waals surface area contributed by atoms with Crippen LogP contribution in [0, 0.1) is 0 Å². The SMILES string of the molecule is c1ccc2c3occnc-3cc2c1. The van der Waals surface area contributed by atoms with E-state index >= 15 is 0 Å². The normalized spacial score (nSPS) is 11.1. The van der Waals surface area contributed by atoms with Gasteiger partial charge in [0, 0.05) is 5.39 Å². The minimum atomic E-state index is 0.873. The first-order valence-electron chi connectivity index (χ1n) is 4.16. The number of fused-ring (bicyclic) bond motifs is 3. The predicted molar refractivity (Wildman–Crippen MR) is 50.6 cm³/mol. The molecule has 0 unspecified atom stereocenters. The average molecular weight is 169 g/mol. The summed E-state index contributed by atoms with van der Waals surface area (Å²) < 4.78 is 5.40. The van der Waals surface area contributed by atoms with Gasteiger partial charge in [0.1, 0.15) is 12.0 Å². The first kappa shape index (κ1) is 6.66. The second kappa shape index (κ2) is 2.33. The van der Waals surface area contributed by atoms with E-state index in [1.54, 1.807) is 12.5 Å². The van der Waals surface area contributed by atoms with E-state index in [4.69, 9.17) is 4.42 Å². The van der Waals surface area contributed by atoms with Crippen molar-refractivity contribution in [3.63, 3.8) is 0 Å². The molecule has 0 atom stereocenters. The van der Waals surface area contributed by atoms with E-state index in [-0.39, 0.29) is 0 Å². The fraction of sp³-hybridized carbons (Fsp3) is 0. The van der Waals surface area contributed by atoms with Gasteiger partial charge in [0.15, 0.2) is 5.76 Å². The summed E-state index contributed by atoms with van der Waals surface area (Å²) in [5, 5.41) is 2.31. The molecule has 0 radical (unpaired) electrons. The van der Waals surface area contributed by atoms with Crippen LogP contribution in [-0.4, -0.2) is 4.98 Å². The molecule has 0 saturated heterocycles. The van der Waals surface area contributed by atoms with E-state index in [1.165, 1.54) is 5.39 Å². The van der Waals surface area contributed by atoms with Crippen LogP contribution in [-0.2, 0) is 0 Å². The first-order chi connectivity index (χ1) is 6.45. The Bertz CT molecular complexity index is 527. The quantitative estimate of drug-likeness (QED) is 0.517. The molecule has 3 rings (SSSR count). The number of nitrogens with zero attached hydrogens (tertiary/aromatic N) is 1. The Morgan fingerprint density at radius 3 is 3.08 bits per heavy atom. The lowest BCUT2D eigenvalue weighted by atomic mass is 10.2. The maximum absolute atomic E-state index is 5.40. The number of hydrogen-bond acceptors (Lipinski definition) is 2. The van der Waals surface area contributed by atoms with Crippen molar-refractivity contribution < 1.29 is 4.42 Å². The van der Waals surface area contributed by atoms with E-state index < -0.39 is 0 Å². The Kier molecular flexibility index (Phi) is 1.19. The highest BCUT2D eigenvalue weighted by Crippen LogP contribution is 2.31. The van der Waals surface area contributed by atoms with Gasteiger partial charge in [-0.15, -0.1) is 0 Å². The molecular weight excluding hydrogens is 162 g/mol. The number of rotatable bonds is 0. The standard InChI is InChI=1S/C11H7NO/c1-2-4-9-8(3-1)7-10-11(9)13-6-5-12-10/h1-7H. The molecular formula is C11H7NO. The molecule has 0 bridgehead atoms. The lowest BCUT2D eigenvalue weighted by molar-refractivity contribution is 0.563. The zero-order valence-corrected chi connectivity index (χ0v) is 6.90. The largest absolute Gasteiger partial charge is 0.460 e. The van der Waals surface area contributed by atoms with Crippen LogP contribution in [0.3, 0.4) is 0 Å². The van der Waals surface area contributed by atoms with Crippen molar-refractivity contribution in [2.75, 3.05) is 0 Å². The molecule has 0 saturated carbocycles. The van der Waals surface area contributed by atoms with Crippen LogP contribution in [0.25, 0.3) is 22.2 Å². The molecule has 0 amide bonds. The minimum absolute atomic E-state index is 0.873. The van der Waals surface area contributed by atoms with Gasteiger partial charge in [0.25, 0.3) is 0 Å². The highest BCUT2D eigenvalue weighted by Gasteiger charge is 2.11. The number of aromatic nitrogens is 1. The van der Waals surface area contributed by atoms with E-state index in [0.717, 1.165) is 16.8 Å². The molecule has 1 aliphatic heterocycles. The zero-order valence-electron chi connectivity index (χ0n) is 6.90. The van der Waals surface area contributed by atoms with Crippen molar-refractivity contribution in [1.29, 1.82) is 0 Å². The summed E-state index contributed by atoms with van der Waals surface area (Å²) in [6, 6.07) is 10.2. The van der Waals surface area contributed by atoms with Gasteiger partial charge in [-0.1, -0.05) is 24.3 Å². The van der Waals surface area contributed by atoms with Gasteiger partial charge in [0.05, 0.1) is 6.20 Å². The van der Waals surface area contributed by atoms with Gasteiger partial charge in [-0.05, 0) is 11.5 Å². The maximum Gasteiger partial charge on any atom is 0.160 e. The monoisotopic (exact) mass is 169 g/mol. The van der Waals surface area contributed by atoms with Crippen LogP contribution >= 0.6 is 0 Å². The highest BCUT2D eigenvalue weighted by molar-refractivity contribution is 5.98. The molecule has 2 aliphatic rings. The molecule has 2 nitrogen and oxygen atoms in total. The van der Waals surface area contributed by atoms with Crippen molar-refractivity contribution in [3.8, 4) is 11.5 Å². The summed E-state index contributed by atoms with van der Waals surface area (Å²) in [4.78, 5) is 4.22. The highest BCUT2D eigenvalue weighted by atomic mass is 16.3. The Hall–Kier alpha value is -1.83. The summed E-state index contributed by atoms with van der Waals surface area (Å²) in [5.74, 6) is 0.873. The maximum atomic E-state index is 5.40. The molecule has 0 aromatic heterocycles. The zero-order chi connectivity index (χ0) is 8.67. The molecule has 0 spiro atoms. The molecule has 1 aromatic rings. The molecule has 62 valence electrons. The van der Waals surface area contributed by atoms with E-state index in [0.29, 0.717) is 0 Å². The third kappa shape index (κ3) is 0.855. The van der Waals surface area contributed by atoms with Crippen LogP contribution in [0.5, 0.6) is 0 Å². The van der Waals surface area contributed by atoms with E-state index in [9.17, 15) is 0 Å². The van der Waals surface area contributed by atoms with Crippen LogP contribution in [0.15, 0.2) is 47.2 Å². The summed E-state index contributed by atoms with van der Waals surface area (Å²) in [6.07, 6.45) is 3.27. The molecule has 13 heavy (non-hydrogen) atoms. The minimum Gasteiger partial charge on any atom is -0.460 e. The van der Waals surface area contributed by atoms with Gasteiger partial charge in [-0.25, -0.2) is 4.98 Å². The Morgan fingerprint density at radius 2 is 2.08 bits per heavy atom. The molecule has 0 fully saturated rings. The van der Waals surface area contributed by atoms with Crippen molar-refractivity contribution in [2.24, 2.45) is 0 Å². The number of benzene rings is 1. The fourth-order valence-electron chi connectivity index (χ4n) is 1.61. The Morgan fingerprint density at radius 1 is 1.15 bits per heavy atom. The van der Waals surface area contributed by atoms with E-state index in [1.807, 2.05) is 24.3 Å². The first-order valence-corrected chi connectivity index (χ1v) is 4.16. The molecule has 0 N–H and O–H groups in total. The molecule has 1 heterocycles. The third-order valence-electron chi connectivity index (χ3n) is 2.19. The van der Waals surface area contributed by atoms with Crippen LogP contribution in [0.1, 0.15) is 0 Å². The van der Waals surface area contributed by atoms with Crippen molar-refractivity contribution in [2.45, 2.75) is 0 Å². The Balaban J connectivity index is 2.56. The number of hydrogen-bond donors (Lipinski definition) is 0. The predicted octanol–water partition coefficient (Wildman–Crippen LogP) is 2.93. The average Bonchev–Trinajstić information content (AvgIpc) is 2.56. The Labute approximate surface area is 75.2 Å². The van der Waals surface area contributed by atoms with Crippen molar-refractivity contribution in [1.82, 2.24) is 4.98 Å². The molecule has 1 aliphatic carbocycles. The summed E-state index contributed by atoms with van der Waals surface area (Å²) in [6.45, 7) is 0. The van der Waals surface area contributed by atoms with Crippen LogP contribution < -0.4 is 0 Å². The smallest absolute Gasteiger partial charge is 0.160 e. The van der Waals surface area contributed by atoms with E-state index in [2.05, 4.69) is 11.1 Å². The van der Waals surface area contributed by atoms with Gasteiger partial charge in [-0.3, -0.25) is 0 Å². The molecule has 1 aromatic carbocycles. The van der Waals surface area contributed by atoms with Crippen molar-refractivity contribution in [3.05, 3.63) is 42.8 Å². The van der Waals surface area contributed by atoms with Gasteiger partial charge >= 0.3 is 0 Å².